The molecule has 0 spiro atoms. The fraction of sp³-hybridized carbons (Fsp3) is 0.283. The second kappa shape index (κ2) is 24.1. The number of nitrogens with zero attached hydrogens (tertiary/aromatic N) is 4. The minimum Gasteiger partial charge on any atom is -0.488 e. The van der Waals surface area contributed by atoms with Crippen LogP contribution in [0.15, 0.2) is 103 Å². The van der Waals surface area contributed by atoms with Crippen molar-refractivity contribution < 1.29 is 49.0 Å². The number of pyridine rings is 2. The number of aliphatic hydroxyl groups excluding tert-OH is 2. The van der Waals surface area contributed by atoms with Crippen molar-refractivity contribution in [1.29, 1.82) is 5.26 Å². The van der Waals surface area contributed by atoms with Gasteiger partial charge in [-0.15, -0.1) is 0 Å². The monoisotopic (exact) mass is 1000 g/mol. The highest BCUT2D eigenvalue weighted by Gasteiger charge is 2.33. The fourth-order valence-corrected chi connectivity index (χ4v) is 7.71. The maximum atomic E-state index is 12.0. The minimum atomic E-state index is -1.63. The predicted molar refractivity (Wildman–Crippen MR) is 268 cm³/mol. The van der Waals surface area contributed by atoms with E-state index in [2.05, 4.69) is 31.7 Å². The summed E-state index contributed by atoms with van der Waals surface area (Å²) in [7, 11) is 1.67. The Hall–Kier alpha value is -7.10. The average Bonchev–Trinajstić information content (AvgIpc) is 3.36. The summed E-state index contributed by atoms with van der Waals surface area (Å²) in [6, 6.07) is 24.0. The molecule has 0 amide bonds. The number of nitriles is 1. The van der Waals surface area contributed by atoms with E-state index in [1.165, 1.54) is 20.0 Å². The SMILES string of the molecule is CN=Cc1cncc(COc2cc(OCc3cccc(-c4cccc(COc5cc(OCc6cncc(C#N)c6)c(CNC(C)(CO)C(=O)O)cc5Cl)c4C)c3C)c(Cl)cc2CN[C@@](C)(CO)C(=O)O)c1. The Kier molecular flexibility index (Phi) is 18.1. The van der Waals surface area contributed by atoms with Crippen molar-refractivity contribution in [3.8, 4) is 40.2 Å². The van der Waals surface area contributed by atoms with E-state index < -0.39 is 36.2 Å². The van der Waals surface area contributed by atoms with E-state index in [9.17, 15) is 35.3 Å². The number of benzene rings is 4. The third-order valence-corrected chi connectivity index (χ3v) is 12.5. The molecule has 0 fully saturated rings. The summed E-state index contributed by atoms with van der Waals surface area (Å²) >= 11 is 13.6. The average molecular weight is 1010 g/mol. The molecule has 2 heterocycles. The molecule has 0 aliphatic carbocycles. The van der Waals surface area contributed by atoms with Crippen molar-refractivity contribution in [2.75, 3.05) is 20.3 Å². The summed E-state index contributed by atoms with van der Waals surface area (Å²) < 4.78 is 25.2. The fourth-order valence-electron chi connectivity index (χ4n) is 7.23. The number of aliphatic imine (C=N–C) groups is 1. The first-order valence-electron chi connectivity index (χ1n) is 22.2. The van der Waals surface area contributed by atoms with E-state index in [1.807, 2.05) is 56.3 Å². The van der Waals surface area contributed by atoms with Gasteiger partial charge in [0.25, 0.3) is 0 Å². The van der Waals surface area contributed by atoms with Gasteiger partial charge in [-0.3, -0.25) is 35.2 Å². The van der Waals surface area contributed by atoms with Crippen molar-refractivity contribution in [3.05, 3.63) is 163 Å². The van der Waals surface area contributed by atoms with Crippen molar-refractivity contribution >= 4 is 41.4 Å². The molecule has 0 aliphatic heterocycles. The van der Waals surface area contributed by atoms with Crippen LogP contribution in [0, 0.1) is 25.2 Å². The molecule has 71 heavy (non-hydrogen) atoms. The maximum Gasteiger partial charge on any atom is 0.326 e. The summed E-state index contributed by atoms with van der Waals surface area (Å²) in [6.45, 7) is 5.90. The molecule has 18 heteroatoms. The van der Waals surface area contributed by atoms with Crippen LogP contribution in [0.4, 0.5) is 0 Å². The summed E-state index contributed by atoms with van der Waals surface area (Å²) in [4.78, 5) is 36.3. The number of aliphatic carboxylic acids is 2. The van der Waals surface area contributed by atoms with Crippen molar-refractivity contribution in [2.45, 2.75) is 78.3 Å². The van der Waals surface area contributed by atoms with Crippen LogP contribution in [0.2, 0.25) is 10.0 Å². The molecule has 0 radical (unpaired) electrons. The minimum absolute atomic E-state index is 0.0108. The van der Waals surface area contributed by atoms with Crippen LogP contribution in [0.3, 0.4) is 0 Å². The zero-order chi connectivity index (χ0) is 51.3. The van der Waals surface area contributed by atoms with Gasteiger partial charge in [0, 0.05) is 91.1 Å². The zero-order valence-corrected chi connectivity index (χ0v) is 41.3. The number of hydrogen-bond acceptors (Lipinski definition) is 14. The van der Waals surface area contributed by atoms with Crippen LogP contribution in [-0.2, 0) is 49.1 Å². The van der Waals surface area contributed by atoms with Crippen molar-refractivity contribution in [3.63, 3.8) is 0 Å². The highest BCUT2D eigenvalue weighted by atomic mass is 35.5. The van der Waals surface area contributed by atoms with Gasteiger partial charge >= 0.3 is 11.9 Å². The van der Waals surface area contributed by atoms with Crippen LogP contribution >= 0.6 is 23.2 Å². The van der Waals surface area contributed by atoms with E-state index in [4.69, 9.17) is 42.1 Å². The quantitative estimate of drug-likeness (QED) is 0.0314. The number of carboxylic acid groups (broad SMARTS) is 2. The molecule has 6 N–H and O–H groups in total. The van der Waals surface area contributed by atoms with Crippen LogP contribution < -0.4 is 29.6 Å². The largest absolute Gasteiger partial charge is 0.488 e. The smallest absolute Gasteiger partial charge is 0.326 e. The molecular weight excluding hydrogens is 952 g/mol. The van der Waals surface area contributed by atoms with Gasteiger partial charge in [-0.1, -0.05) is 59.6 Å². The first kappa shape index (κ1) is 53.3. The van der Waals surface area contributed by atoms with Gasteiger partial charge < -0.3 is 39.4 Å². The summed E-state index contributed by atoms with van der Waals surface area (Å²) in [5.74, 6) is -1.08. The normalized spacial score (nSPS) is 13.0. The molecule has 0 bridgehead atoms. The third kappa shape index (κ3) is 13.4. The number of aliphatic hydroxyl groups is 2. The first-order valence-corrected chi connectivity index (χ1v) is 23.0. The number of carboxylic acids is 2. The van der Waals surface area contributed by atoms with Gasteiger partial charge in [0.05, 0.1) is 28.8 Å². The van der Waals surface area contributed by atoms with E-state index in [0.29, 0.717) is 45.3 Å². The van der Waals surface area contributed by atoms with Crippen LogP contribution in [-0.4, -0.2) is 79.9 Å². The number of carbonyl (C=O) groups is 2. The van der Waals surface area contributed by atoms with Crippen LogP contribution in [0.25, 0.3) is 11.1 Å². The van der Waals surface area contributed by atoms with Gasteiger partial charge in [-0.25, -0.2) is 0 Å². The number of aromatic nitrogens is 2. The van der Waals surface area contributed by atoms with Crippen LogP contribution in [0.5, 0.6) is 23.0 Å². The molecular formula is C53H54Cl2N6O10. The lowest BCUT2D eigenvalue weighted by Gasteiger charge is -2.25. The van der Waals surface area contributed by atoms with E-state index in [0.717, 1.165) is 44.5 Å². The Balaban J connectivity index is 1.22. The number of hydrogen-bond donors (Lipinski definition) is 6. The maximum absolute atomic E-state index is 12.0. The lowest BCUT2D eigenvalue weighted by molar-refractivity contribution is -0.146. The molecule has 6 aromatic rings. The highest BCUT2D eigenvalue weighted by Crippen LogP contribution is 2.38. The molecule has 2 aromatic heterocycles. The Morgan fingerprint density at radius 2 is 1.11 bits per heavy atom. The lowest BCUT2D eigenvalue weighted by atomic mass is 9.92. The van der Waals surface area contributed by atoms with E-state index in [1.54, 1.807) is 62.2 Å². The molecule has 370 valence electrons. The molecule has 16 nitrogen and oxygen atoms in total. The van der Waals surface area contributed by atoms with Gasteiger partial charge in [0.15, 0.2) is 0 Å². The van der Waals surface area contributed by atoms with Crippen molar-refractivity contribution in [1.82, 2.24) is 20.6 Å². The third-order valence-electron chi connectivity index (χ3n) is 11.9. The zero-order valence-electron chi connectivity index (χ0n) is 39.8. The topological polar surface area (TPSA) is 238 Å². The number of nitrogens with one attached hydrogen (secondary N) is 2. The van der Waals surface area contributed by atoms with Gasteiger partial charge in [0.1, 0.15) is 66.6 Å². The number of ether oxygens (including phenoxy) is 4. The number of halogens is 2. The summed E-state index contributed by atoms with van der Waals surface area (Å²) in [5.41, 5.74) is 5.98. The van der Waals surface area contributed by atoms with Gasteiger partial charge in [0.2, 0.25) is 0 Å². The molecule has 4 aromatic carbocycles. The summed E-state index contributed by atoms with van der Waals surface area (Å²) in [6.07, 6.45) is 8.06. The molecule has 0 saturated heterocycles. The highest BCUT2D eigenvalue weighted by molar-refractivity contribution is 6.32. The second-order valence-corrected chi connectivity index (χ2v) is 17.9. The van der Waals surface area contributed by atoms with E-state index in [-0.39, 0.29) is 49.6 Å². The van der Waals surface area contributed by atoms with E-state index >= 15 is 0 Å². The first-order chi connectivity index (χ1) is 34.0. The number of rotatable bonds is 24. The Morgan fingerprint density at radius 1 is 0.662 bits per heavy atom. The standard InChI is InChI=1S/C53H54Cl2N6O10/c1-32-38(28-70-48-16-46(68-26-36-12-34(18-56)20-58-22-36)40(14-44(48)54)24-60-52(3,30-62)50(64)65)8-6-10-42(32)43-11-7-9-39(33(43)2)29-71-49-17-47(69-27-37-13-35(19-57-5)21-59-23-37)41(15-45(49)55)25-61-53(4,31-63)51(66)67/h6-17,19-23,60-63H,24-31H2,1-5H3,(H,64,65)(H,66,67)/t52?,53-/m0/s1. The Morgan fingerprint density at radius 3 is 1.55 bits per heavy atom. The molecule has 0 aliphatic rings. The van der Waals surface area contributed by atoms with Crippen LogP contribution in [0.1, 0.15) is 69.5 Å². The molecule has 6 rings (SSSR count). The lowest BCUT2D eigenvalue weighted by Crippen LogP contribution is -2.52. The van der Waals surface area contributed by atoms with Crippen molar-refractivity contribution in [2.24, 2.45) is 4.99 Å². The second-order valence-electron chi connectivity index (χ2n) is 17.1. The molecule has 2 atom stereocenters. The summed E-state index contributed by atoms with van der Waals surface area (Å²) in [5, 5.41) is 54.9. The molecule has 0 saturated carbocycles. The predicted octanol–water partition coefficient (Wildman–Crippen LogP) is 8.15. The van der Waals surface area contributed by atoms with Gasteiger partial charge in [-0.2, -0.15) is 5.26 Å². The Labute approximate surface area is 421 Å². The van der Waals surface area contributed by atoms with Gasteiger partial charge in [-0.05, 0) is 85.3 Å². The molecule has 1 unspecified atom stereocenters. The Bertz CT molecular complexity index is 2970.